The Bertz CT molecular complexity index is 509. The molecular weight excluding hydrogens is 268 g/mol. The van der Waals surface area contributed by atoms with Crippen molar-refractivity contribution in [3.05, 3.63) is 33.3 Å². The molecule has 0 atom stereocenters. The molecular formula is C13H15ClN2O3. The van der Waals surface area contributed by atoms with Crippen molar-refractivity contribution >= 4 is 28.8 Å². The lowest BCUT2D eigenvalue weighted by molar-refractivity contribution is -0.384. The minimum Gasteiger partial charge on any atom is -0.370 e. The highest BCUT2D eigenvalue weighted by molar-refractivity contribution is 6.33. The number of nitro groups is 1. The van der Waals surface area contributed by atoms with Crippen LogP contribution in [0.15, 0.2) is 18.2 Å². The molecule has 0 unspecified atom stereocenters. The van der Waals surface area contributed by atoms with Gasteiger partial charge in [-0.3, -0.25) is 14.9 Å². The van der Waals surface area contributed by atoms with Crippen LogP contribution in [0.4, 0.5) is 11.4 Å². The maximum absolute atomic E-state index is 11.2. The summed E-state index contributed by atoms with van der Waals surface area (Å²) in [7, 11) is 1.91. The van der Waals surface area contributed by atoms with Crippen molar-refractivity contribution in [2.24, 2.45) is 0 Å². The predicted octanol–water partition coefficient (Wildman–Crippen LogP) is 3.20. The van der Waals surface area contributed by atoms with Gasteiger partial charge < -0.3 is 4.90 Å². The van der Waals surface area contributed by atoms with Crippen LogP contribution in [0, 0.1) is 10.1 Å². The van der Waals surface area contributed by atoms with E-state index in [1.165, 1.54) is 12.1 Å². The van der Waals surface area contributed by atoms with Crippen molar-refractivity contribution in [1.82, 2.24) is 0 Å². The van der Waals surface area contributed by atoms with Gasteiger partial charge in [-0.2, -0.15) is 0 Å². The Kier molecular flexibility index (Phi) is 4.04. The number of non-ortho nitro benzene ring substituents is 1. The zero-order valence-electron chi connectivity index (χ0n) is 10.6. The number of halogens is 1. The van der Waals surface area contributed by atoms with Crippen molar-refractivity contribution in [3.63, 3.8) is 0 Å². The van der Waals surface area contributed by atoms with Crippen LogP contribution in [-0.2, 0) is 4.79 Å². The van der Waals surface area contributed by atoms with Gasteiger partial charge >= 0.3 is 0 Å². The maximum Gasteiger partial charge on any atom is 0.271 e. The van der Waals surface area contributed by atoms with E-state index in [4.69, 9.17) is 11.6 Å². The van der Waals surface area contributed by atoms with Crippen LogP contribution in [0.5, 0.6) is 0 Å². The van der Waals surface area contributed by atoms with Gasteiger partial charge in [0, 0.05) is 38.1 Å². The number of nitro benzene ring substituents is 1. The highest BCUT2D eigenvalue weighted by Gasteiger charge is 2.24. The molecule has 0 spiro atoms. The Morgan fingerprint density at radius 3 is 2.53 bits per heavy atom. The fourth-order valence-electron chi connectivity index (χ4n) is 2.40. The van der Waals surface area contributed by atoms with E-state index >= 15 is 0 Å². The number of hydrogen-bond donors (Lipinski definition) is 0. The molecule has 0 heterocycles. The van der Waals surface area contributed by atoms with Gasteiger partial charge in [-0.1, -0.05) is 11.6 Å². The molecule has 0 aromatic heterocycles. The van der Waals surface area contributed by atoms with Crippen LogP contribution in [-0.4, -0.2) is 23.8 Å². The van der Waals surface area contributed by atoms with E-state index in [0.717, 1.165) is 18.5 Å². The summed E-state index contributed by atoms with van der Waals surface area (Å²) in [6, 6.07) is 4.74. The first-order valence-electron chi connectivity index (χ1n) is 6.17. The largest absolute Gasteiger partial charge is 0.370 e. The molecule has 1 fully saturated rings. The van der Waals surface area contributed by atoms with Gasteiger partial charge in [0.25, 0.3) is 5.69 Å². The number of carbonyl (C=O) groups is 1. The Morgan fingerprint density at radius 2 is 2.00 bits per heavy atom. The second-order valence-electron chi connectivity index (χ2n) is 4.77. The first-order valence-corrected chi connectivity index (χ1v) is 6.55. The molecule has 1 aromatic carbocycles. The molecule has 2 rings (SSSR count). The summed E-state index contributed by atoms with van der Waals surface area (Å²) in [6.45, 7) is 0. The number of rotatable bonds is 3. The van der Waals surface area contributed by atoms with Gasteiger partial charge in [-0.15, -0.1) is 0 Å². The topological polar surface area (TPSA) is 63.4 Å². The third kappa shape index (κ3) is 3.04. The number of hydrogen-bond acceptors (Lipinski definition) is 4. The summed E-state index contributed by atoms with van der Waals surface area (Å²) in [4.78, 5) is 23.5. The number of nitrogens with zero attached hydrogens (tertiary/aromatic N) is 2. The van der Waals surface area contributed by atoms with Crippen LogP contribution in [0.3, 0.4) is 0 Å². The average molecular weight is 283 g/mol. The molecule has 1 aromatic rings. The molecule has 6 heteroatoms. The number of benzene rings is 1. The first kappa shape index (κ1) is 13.8. The molecule has 102 valence electrons. The van der Waals surface area contributed by atoms with E-state index in [-0.39, 0.29) is 11.7 Å². The summed E-state index contributed by atoms with van der Waals surface area (Å²) in [5.74, 6) is 0.305. The van der Waals surface area contributed by atoms with Crippen molar-refractivity contribution < 1.29 is 9.72 Å². The molecule has 0 bridgehead atoms. The van der Waals surface area contributed by atoms with Gasteiger partial charge in [0.05, 0.1) is 15.6 Å². The smallest absolute Gasteiger partial charge is 0.271 e. The third-order valence-electron chi connectivity index (χ3n) is 3.58. The molecule has 0 amide bonds. The zero-order valence-corrected chi connectivity index (χ0v) is 11.4. The van der Waals surface area contributed by atoms with E-state index in [2.05, 4.69) is 0 Å². The molecule has 1 aliphatic rings. The second kappa shape index (κ2) is 5.57. The van der Waals surface area contributed by atoms with E-state index in [9.17, 15) is 14.9 Å². The standard InChI is InChI=1S/C13H15ClN2O3/c1-15(9-2-5-11(17)6-3-9)13-7-4-10(16(18)19)8-12(13)14/h4,7-9H,2-3,5-6H2,1H3. The molecule has 1 aliphatic carbocycles. The minimum atomic E-state index is -0.463. The lowest BCUT2D eigenvalue weighted by atomic mass is 9.93. The van der Waals surface area contributed by atoms with Crippen LogP contribution in [0.2, 0.25) is 5.02 Å². The average Bonchev–Trinajstić information content (AvgIpc) is 2.38. The fourth-order valence-corrected chi connectivity index (χ4v) is 2.71. The van der Waals surface area contributed by atoms with Crippen LogP contribution in [0.1, 0.15) is 25.7 Å². The lowest BCUT2D eigenvalue weighted by Crippen LogP contribution is -2.35. The minimum absolute atomic E-state index is 0.0130. The SMILES string of the molecule is CN(c1ccc([N+](=O)[O-])cc1Cl)C1CCC(=O)CC1. The van der Waals surface area contributed by atoms with Crippen molar-refractivity contribution in [3.8, 4) is 0 Å². The lowest BCUT2D eigenvalue weighted by Gasteiger charge is -2.32. The second-order valence-corrected chi connectivity index (χ2v) is 5.18. The predicted molar refractivity (Wildman–Crippen MR) is 73.8 cm³/mol. The van der Waals surface area contributed by atoms with E-state index in [1.54, 1.807) is 6.07 Å². The summed E-state index contributed by atoms with van der Waals surface area (Å²) in [6.07, 6.45) is 2.81. The Labute approximate surface area is 116 Å². The van der Waals surface area contributed by atoms with Crippen LogP contribution < -0.4 is 4.90 Å². The summed E-state index contributed by atoms with van der Waals surface area (Å²) < 4.78 is 0. The van der Waals surface area contributed by atoms with Crippen molar-refractivity contribution in [1.29, 1.82) is 0 Å². The quantitative estimate of drug-likeness (QED) is 0.631. The maximum atomic E-state index is 11.2. The van der Waals surface area contributed by atoms with Crippen molar-refractivity contribution in [2.45, 2.75) is 31.7 Å². The number of carbonyl (C=O) groups excluding carboxylic acids is 1. The summed E-state index contributed by atoms with van der Waals surface area (Å²) in [5, 5.41) is 11.0. The van der Waals surface area contributed by atoms with Crippen LogP contribution in [0.25, 0.3) is 0 Å². The molecule has 5 nitrogen and oxygen atoms in total. The first-order chi connectivity index (χ1) is 8.99. The van der Waals surface area contributed by atoms with Gasteiger partial charge in [-0.25, -0.2) is 0 Å². The zero-order chi connectivity index (χ0) is 14.0. The highest BCUT2D eigenvalue weighted by Crippen LogP contribution is 2.32. The third-order valence-corrected chi connectivity index (χ3v) is 3.89. The van der Waals surface area contributed by atoms with Gasteiger partial charge in [0.1, 0.15) is 5.78 Å². The number of anilines is 1. The van der Waals surface area contributed by atoms with E-state index in [1.807, 2.05) is 11.9 Å². The summed E-state index contributed by atoms with van der Waals surface area (Å²) in [5.41, 5.74) is 0.757. The number of ketones is 1. The number of Topliss-reactive ketones (excluding diaryl/α,β-unsaturated/α-hetero) is 1. The molecule has 19 heavy (non-hydrogen) atoms. The fraction of sp³-hybridized carbons (Fsp3) is 0.462. The van der Waals surface area contributed by atoms with E-state index in [0.29, 0.717) is 23.6 Å². The molecule has 0 saturated heterocycles. The van der Waals surface area contributed by atoms with Gasteiger partial charge in [-0.05, 0) is 18.9 Å². The Hall–Kier alpha value is -1.62. The molecule has 0 N–H and O–H groups in total. The van der Waals surface area contributed by atoms with Gasteiger partial charge in [0.15, 0.2) is 0 Å². The monoisotopic (exact) mass is 282 g/mol. The van der Waals surface area contributed by atoms with Gasteiger partial charge in [0.2, 0.25) is 0 Å². The summed E-state index contributed by atoms with van der Waals surface area (Å²) >= 11 is 6.10. The molecule has 1 saturated carbocycles. The Morgan fingerprint density at radius 1 is 1.37 bits per heavy atom. The highest BCUT2D eigenvalue weighted by atomic mass is 35.5. The van der Waals surface area contributed by atoms with Crippen molar-refractivity contribution in [2.75, 3.05) is 11.9 Å². The van der Waals surface area contributed by atoms with E-state index < -0.39 is 4.92 Å². The molecule has 0 aliphatic heterocycles. The van der Waals surface area contributed by atoms with Crippen LogP contribution >= 0.6 is 11.6 Å². The molecule has 0 radical (unpaired) electrons. The Balaban J connectivity index is 2.17. The normalized spacial score (nSPS) is 16.4.